The monoisotopic (exact) mass is 293 g/mol. The Hall–Kier alpha value is -0.920. The molecule has 112 valence electrons. The van der Waals surface area contributed by atoms with Crippen LogP contribution in [0.3, 0.4) is 0 Å². The first kappa shape index (κ1) is 18.1. The van der Waals surface area contributed by atoms with E-state index in [-0.39, 0.29) is 29.6 Å². The average Bonchev–Trinajstić information content (AvgIpc) is 2.23. The zero-order valence-corrected chi connectivity index (χ0v) is 12.8. The highest BCUT2D eigenvalue weighted by atomic mass is 32.2. The van der Waals surface area contributed by atoms with Gasteiger partial charge >= 0.3 is 5.97 Å². The van der Waals surface area contributed by atoms with Crippen LogP contribution >= 0.6 is 0 Å². The van der Waals surface area contributed by atoms with Gasteiger partial charge in [-0.25, -0.2) is 13.2 Å². The molecule has 0 saturated carbocycles. The van der Waals surface area contributed by atoms with Gasteiger partial charge in [-0.15, -0.1) is 0 Å². The summed E-state index contributed by atoms with van der Waals surface area (Å²) in [4.78, 5) is 11.2. The first-order valence-corrected chi connectivity index (χ1v) is 7.59. The van der Waals surface area contributed by atoms with Crippen LogP contribution in [0.5, 0.6) is 0 Å². The summed E-state index contributed by atoms with van der Waals surface area (Å²) in [5.41, 5.74) is 0.284. The van der Waals surface area contributed by atoms with Gasteiger partial charge in [0.05, 0.1) is 14.1 Å². The Kier molecular flexibility index (Phi) is 6.68. The molecule has 0 spiro atoms. The third-order valence-electron chi connectivity index (χ3n) is 2.90. The summed E-state index contributed by atoms with van der Waals surface area (Å²) in [5.74, 6) is -0.517. The molecule has 0 N–H and O–H groups in total. The van der Waals surface area contributed by atoms with Crippen LogP contribution in [0.4, 0.5) is 0 Å². The fourth-order valence-corrected chi connectivity index (χ4v) is 3.06. The van der Waals surface area contributed by atoms with E-state index in [4.69, 9.17) is 4.74 Å². The van der Waals surface area contributed by atoms with Crippen molar-refractivity contribution in [3.63, 3.8) is 0 Å². The van der Waals surface area contributed by atoms with Crippen LogP contribution in [0.2, 0.25) is 0 Å². The predicted octanol–water partition coefficient (Wildman–Crippen LogP) is 0.854. The minimum atomic E-state index is -4.39. The van der Waals surface area contributed by atoms with E-state index in [2.05, 4.69) is 6.58 Å². The van der Waals surface area contributed by atoms with Crippen molar-refractivity contribution in [2.24, 2.45) is 0 Å². The molecule has 19 heavy (non-hydrogen) atoms. The van der Waals surface area contributed by atoms with E-state index in [1.54, 1.807) is 14.1 Å². The minimum Gasteiger partial charge on any atom is -0.743 e. The first-order valence-electron chi connectivity index (χ1n) is 6.12. The van der Waals surface area contributed by atoms with Gasteiger partial charge in [-0.3, -0.25) is 0 Å². The lowest BCUT2D eigenvalue weighted by Gasteiger charge is -2.38. The highest BCUT2D eigenvalue weighted by Gasteiger charge is 2.33. The van der Waals surface area contributed by atoms with Crippen molar-refractivity contribution in [2.75, 3.05) is 27.2 Å². The summed E-state index contributed by atoms with van der Waals surface area (Å²) in [7, 11) is -1.10. The van der Waals surface area contributed by atoms with Gasteiger partial charge in [0.25, 0.3) is 0 Å². The SMILES string of the molecule is C=C(C)C(=O)OCC[N+](C)(C)C(CCC)S(=O)(=O)[O-]. The lowest BCUT2D eigenvalue weighted by molar-refractivity contribution is -0.902. The lowest BCUT2D eigenvalue weighted by atomic mass is 10.3. The van der Waals surface area contributed by atoms with Crippen molar-refractivity contribution < 1.29 is 27.0 Å². The summed E-state index contributed by atoms with van der Waals surface area (Å²) < 4.78 is 38.7. The number of quaternary nitrogens is 1. The number of ether oxygens (including phenoxy) is 1. The fraction of sp³-hybridized carbons (Fsp3) is 0.750. The Morgan fingerprint density at radius 3 is 2.32 bits per heavy atom. The summed E-state index contributed by atoms with van der Waals surface area (Å²) in [6.45, 7) is 7.10. The maximum Gasteiger partial charge on any atom is 0.333 e. The molecule has 0 aliphatic carbocycles. The van der Waals surface area contributed by atoms with E-state index in [9.17, 15) is 17.8 Å². The Bertz CT molecular complexity index is 427. The van der Waals surface area contributed by atoms with Gasteiger partial charge in [-0.1, -0.05) is 13.5 Å². The van der Waals surface area contributed by atoms with Crippen LogP contribution in [0.1, 0.15) is 26.7 Å². The third kappa shape index (κ3) is 6.17. The minimum absolute atomic E-state index is 0.0247. The molecular weight excluding hydrogens is 270 g/mol. The second kappa shape index (κ2) is 7.02. The first-order chi connectivity index (χ1) is 8.52. The molecule has 0 aliphatic rings. The molecule has 0 aromatic heterocycles. The summed E-state index contributed by atoms with van der Waals surface area (Å²) in [6.07, 6.45) is 0.882. The van der Waals surface area contributed by atoms with Crippen molar-refractivity contribution >= 4 is 16.1 Å². The highest BCUT2D eigenvalue weighted by molar-refractivity contribution is 7.86. The second-order valence-electron chi connectivity index (χ2n) is 5.15. The van der Waals surface area contributed by atoms with Crippen molar-refractivity contribution in [1.82, 2.24) is 0 Å². The number of nitrogens with zero attached hydrogens (tertiary/aromatic N) is 1. The molecule has 0 rings (SSSR count). The van der Waals surface area contributed by atoms with E-state index >= 15 is 0 Å². The molecule has 0 radical (unpaired) electrons. The Morgan fingerprint density at radius 2 is 1.95 bits per heavy atom. The normalized spacial score (nSPS) is 13.9. The van der Waals surface area contributed by atoms with Crippen LogP contribution in [-0.2, 0) is 19.6 Å². The molecule has 0 bridgehead atoms. The molecule has 1 unspecified atom stereocenters. The number of rotatable bonds is 8. The smallest absolute Gasteiger partial charge is 0.333 e. The highest BCUT2D eigenvalue weighted by Crippen LogP contribution is 2.17. The standard InChI is InChI=1S/C12H23NO5S/c1-6-7-11(19(15,16)17)13(4,5)8-9-18-12(14)10(2)3/h11H,2,6-9H2,1,3-5H3. The van der Waals surface area contributed by atoms with Gasteiger partial charge in [-0.05, 0) is 13.3 Å². The van der Waals surface area contributed by atoms with Crippen LogP contribution < -0.4 is 0 Å². The Morgan fingerprint density at radius 1 is 1.42 bits per heavy atom. The molecule has 0 fully saturated rings. The predicted molar refractivity (Wildman–Crippen MR) is 71.1 cm³/mol. The third-order valence-corrected chi connectivity index (χ3v) is 4.37. The zero-order valence-electron chi connectivity index (χ0n) is 12.0. The van der Waals surface area contributed by atoms with Crippen LogP contribution in [0.15, 0.2) is 12.2 Å². The lowest BCUT2D eigenvalue weighted by Crippen LogP contribution is -2.54. The van der Waals surface area contributed by atoms with Crippen LogP contribution in [0, 0.1) is 0 Å². The molecule has 0 aliphatic heterocycles. The molecule has 0 saturated heterocycles. The van der Waals surface area contributed by atoms with Crippen molar-refractivity contribution in [3.8, 4) is 0 Å². The summed E-state index contributed by atoms with van der Waals surface area (Å²) in [5, 5.41) is -1.03. The molecular formula is C12H23NO5S. The van der Waals surface area contributed by atoms with Gasteiger partial charge in [0.1, 0.15) is 23.3 Å². The second-order valence-corrected chi connectivity index (χ2v) is 6.68. The number of hydrogen-bond donors (Lipinski definition) is 0. The molecule has 6 nitrogen and oxygen atoms in total. The summed E-state index contributed by atoms with van der Waals surface area (Å²) >= 11 is 0. The molecule has 1 atom stereocenters. The Labute approximate surface area is 115 Å². The zero-order chi connectivity index (χ0) is 15.3. The molecule has 0 heterocycles. The number of esters is 1. The maximum absolute atomic E-state index is 11.3. The van der Waals surface area contributed by atoms with Gasteiger partial charge in [0.15, 0.2) is 5.37 Å². The average molecular weight is 293 g/mol. The maximum atomic E-state index is 11.3. The van der Waals surface area contributed by atoms with E-state index in [1.807, 2.05) is 6.92 Å². The number of carbonyl (C=O) groups is 1. The van der Waals surface area contributed by atoms with Gasteiger partial charge in [0, 0.05) is 12.0 Å². The molecule has 7 heteroatoms. The van der Waals surface area contributed by atoms with Crippen molar-refractivity contribution in [3.05, 3.63) is 12.2 Å². The van der Waals surface area contributed by atoms with E-state index in [1.165, 1.54) is 6.92 Å². The van der Waals surface area contributed by atoms with Crippen molar-refractivity contribution in [2.45, 2.75) is 32.1 Å². The Balaban J connectivity index is 4.66. The number of hydrogen-bond acceptors (Lipinski definition) is 5. The van der Waals surface area contributed by atoms with E-state index < -0.39 is 21.5 Å². The fourth-order valence-electron chi connectivity index (χ4n) is 1.73. The largest absolute Gasteiger partial charge is 0.743 e. The van der Waals surface area contributed by atoms with Crippen molar-refractivity contribution in [1.29, 1.82) is 0 Å². The molecule has 0 aromatic carbocycles. The quantitative estimate of drug-likeness (QED) is 0.287. The van der Waals surface area contributed by atoms with Gasteiger partial charge in [0.2, 0.25) is 0 Å². The van der Waals surface area contributed by atoms with Crippen LogP contribution in [-0.4, -0.2) is 56.0 Å². The van der Waals surface area contributed by atoms with Gasteiger partial charge in [-0.2, -0.15) is 0 Å². The van der Waals surface area contributed by atoms with E-state index in [0.29, 0.717) is 6.42 Å². The van der Waals surface area contributed by atoms with Gasteiger partial charge < -0.3 is 13.8 Å². The topological polar surface area (TPSA) is 83.5 Å². The van der Waals surface area contributed by atoms with Crippen LogP contribution in [0.25, 0.3) is 0 Å². The molecule has 0 aromatic rings. The summed E-state index contributed by atoms with van der Waals surface area (Å²) in [6, 6.07) is 0. The number of likely N-dealkylation sites (N-methyl/N-ethyl adjacent to an activating group) is 1. The van der Waals surface area contributed by atoms with E-state index in [0.717, 1.165) is 0 Å². The molecule has 0 amide bonds. The number of carbonyl (C=O) groups excluding carboxylic acids is 1.